The van der Waals surface area contributed by atoms with E-state index in [4.69, 9.17) is 0 Å². The molecule has 2 rings (SSSR count). The number of hydrogen-bond acceptors (Lipinski definition) is 5. The molecular weight excluding hydrogens is 218 g/mol. The van der Waals surface area contributed by atoms with Gasteiger partial charge in [0.1, 0.15) is 6.33 Å². The molecular formula is C10H13N7. The molecule has 0 unspecified atom stereocenters. The minimum Gasteiger partial charge on any atom is -0.369 e. The van der Waals surface area contributed by atoms with E-state index < -0.39 is 0 Å². The van der Waals surface area contributed by atoms with Gasteiger partial charge in [0, 0.05) is 21.1 Å². The van der Waals surface area contributed by atoms with Gasteiger partial charge in [-0.3, -0.25) is 0 Å². The highest BCUT2D eigenvalue weighted by Gasteiger charge is 2.10. The summed E-state index contributed by atoms with van der Waals surface area (Å²) >= 11 is 0. The lowest BCUT2D eigenvalue weighted by Crippen LogP contribution is -2.07. The molecule has 7 nitrogen and oxygen atoms in total. The fourth-order valence-electron chi connectivity index (χ4n) is 1.29. The molecule has 2 aromatic rings. The van der Waals surface area contributed by atoms with Crippen molar-refractivity contribution in [2.45, 2.75) is 0 Å². The predicted octanol–water partition coefficient (Wildman–Crippen LogP) is 0.493. The molecule has 0 spiro atoms. The molecule has 0 saturated carbocycles. The lowest BCUT2D eigenvalue weighted by atomic mass is 10.2. The Morgan fingerprint density at radius 3 is 2.76 bits per heavy atom. The summed E-state index contributed by atoms with van der Waals surface area (Å²) in [7, 11) is 5.65. The molecule has 0 saturated heterocycles. The van der Waals surface area contributed by atoms with Gasteiger partial charge in [0.05, 0.1) is 18.1 Å². The summed E-state index contributed by atoms with van der Waals surface area (Å²) < 4.78 is 1.81. The molecule has 0 radical (unpaired) electrons. The van der Waals surface area contributed by atoms with E-state index in [1.54, 1.807) is 18.9 Å². The molecule has 0 aliphatic rings. The molecule has 7 heteroatoms. The minimum atomic E-state index is 0.525. The van der Waals surface area contributed by atoms with Gasteiger partial charge in [-0.1, -0.05) is 0 Å². The van der Waals surface area contributed by atoms with Gasteiger partial charge in [-0.15, -0.1) is 15.3 Å². The second-order valence-corrected chi connectivity index (χ2v) is 3.74. The van der Waals surface area contributed by atoms with Crippen molar-refractivity contribution >= 4 is 12.2 Å². The van der Waals surface area contributed by atoms with Gasteiger partial charge in [0.2, 0.25) is 0 Å². The van der Waals surface area contributed by atoms with Crippen LogP contribution in [-0.4, -0.2) is 50.3 Å². The fraction of sp³-hybridized carbons (Fsp3) is 0.300. The van der Waals surface area contributed by atoms with E-state index in [0.717, 1.165) is 5.56 Å². The molecule has 2 aromatic heterocycles. The van der Waals surface area contributed by atoms with Crippen LogP contribution in [0.5, 0.6) is 0 Å². The summed E-state index contributed by atoms with van der Waals surface area (Å²) in [6, 6.07) is 1.82. The van der Waals surface area contributed by atoms with Crippen LogP contribution >= 0.6 is 0 Å². The second kappa shape index (κ2) is 4.69. The maximum atomic E-state index is 4.25. The lowest BCUT2D eigenvalue weighted by molar-refractivity contribution is 0.643. The molecule has 2 heterocycles. The van der Waals surface area contributed by atoms with Crippen LogP contribution in [0.3, 0.4) is 0 Å². The molecule has 0 aliphatic carbocycles. The molecule has 17 heavy (non-hydrogen) atoms. The molecule has 0 aliphatic heterocycles. The van der Waals surface area contributed by atoms with E-state index in [1.807, 2.05) is 36.7 Å². The Hall–Kier alpha value is -2.31. The normalized spacial score (nSPS) is 11.0. The first-order chi connectivity index (χ1) is 8.18. The van der Waals surface area contributed by atoms with Crippen molar-refractivity contribution in [3.05, 3.63) is 18.6 Å². The van der Waals surface area contributed by atoms with Crippen molar-refractivity contribution in [3.63, 3.8) is 0 Å². The summed E-state index contributed by atoms with van der Waals surface area (Å²) in [5.74, 6) is 1.24. The van der Waals surface area contributed by atoms with Crippen LogP contribution in [-0.2, 0) is 7.05 Å². The average molecular weight is 231 g/mol. The predicted molar refractivity (Wildman–Crippen MR) is 63.9 cm³/mol. The highest BCUT2D eigenvalue weighted by Crippen LogP contribution is 2.24. The van der Waals surface area contributed by atoms with Crippen LogP contribution < -0.4 is 0 Å². The van der Waals surface area contributed by atoms with Gasteiger partial charge in [0.25, 0.3) is 0 Å². The van der Waals surface area contributed by atoms with E-state index in [9.17, 15) is 0 Å². The van der Waals surface area contributed by atoms with E-state index in [1.165, 1.54) is 0 Å². The Labute approximate surface area is 98.8 Å². The Morgan fingerprint density at radius 2 is 2.12 bits per heavy atom. The standard InChI is InChI=1S/C10H13N7/c1-16(2)6-11-9-8(4-5-12-14-9)10-15-13-7-17(10)3/h4-7H,1-3H3/b11-6+. The number of nitrogens with zero attached hydrogens (tertiary/aromatic N) is 7. The van der Waals surface area contributed by atoms with Gasteiger partial charge in [0.15, 0.2) is 11.6 Å². The van der Waals surface area contributed by atoms with Crippen LogP contribution in [0.4, 0.5) is 5.82 Å². The van der Waals surface area contributed by atoms with Crippen LogP contribution in [0.15, 0.2) is 23.6 Å². The highest BCUT2D eigenvalue weighted by atomic mass is 15.3. The maximum absolute atomic E-state index is 4.25. The van der Waals surface area contributed by atoms with Crippen molar-refractivity contribution in [3.8, 4) is 11.4 Å². The first kappa shape index (κ1) is 11.2. The van der Waals surface area contributed by atoms with Crippen molar-refractivity contribution in [1.29, 1.82) is 0 Å². The summed E-state index contributed by atoms with van der Waals surface area (Å²) in [5.41, 5.74) is 0.804. The number of rotatable bonds is 3. The minimum absolute atomic E-state index is 0.525. The summed E-state index contributed by atoms with van der Waals surface area (Å²) in [5, 5.41) is 15.7. The zero-order valence-electron chi connectivity index (χ0n) is 9.94. The third-order valence-corrected chi connectivity index (χ3v) is 2.06. The van der Waals surface area contributed by atoms with E-state index in [0.29, 0.717) is 11.6 Å². The van der Waals surface area contributed by atoms with E-state index >= 15 is 0 Å². The van der Waals surface area contributed by atoms with Gasteiger partial charge < -0.3 is 9.47 Å². The zero-order valence-corrected chi connectivity index (χ0v) is 9.94. The fourth-order valence-corrected chi connectivity index (χ4v) is 1.29. The number of hydrogen-bond donors (Lipinski definition) is 0. The molecule has 0 fully saturated rings. The van der Waals surface area contributed by atoms with Gasteiger partial charge in [-0.05, 0) is 6.07 Å². The van der Waals surface area contributed by atoms with Gasteiger partial charge in [-0.25, -0.2) is 4.99 Å². The van der Waals surface area contributed by atoms with Crippen LogP contribution in [0.2, 0.25) is 0 Å². The van der Waals surface area contributed by atoms with Gasteiger partial charge >= 0.3 is 0 Å². The zero-order chi connectivity index (χ0) is 12.3. The number of aryl methyl sites for hydroxylation is 1. The molecule has 0 amide bonds. The first-order valence-electron chi connectivity index (χ1n) is 5.05. The monoisotopic (exact) mass is 231 g/mol. The topological polar surface area (TPSA) is 72.1 Å². The lowest BCUT2D eigenvalue weighted by Gasteiger charge is -2.04. The summed E-state index contributed by atoms with van der Waals surface area (Å²) in [6.45, 7) is 0. The van der Waals surface area contributed by atoms with Crippen molar-refractivity contribution < 1.29 is 0 Å². The van der Waals surface area contributed by atoms with E-state index in [2.05, 4.69) is 25.4 Å². The Kier molecular flexibility index (Phi) is 3.08. The third-order valence-electron chi connectivity index (χ3n) is 2.06. The van der Waals surface area contributed by atoms with Crippen molar-refractivity contribution in [2.24, 2.45) is 12.0 Å². The molecule has 88 valence electrons. The molecule has 0 atom stereocenters. The van der Waals surface area contributed by atoms with Crippen LogP contribution in [0, 0.1) is 0 Å². The highest BCUT2D eigenvalue weighted by molar-refractivity contribution is 5.71. The molecule has 0 aromatic carbocycles. The van der Waals surface area contributed by atoms with E-state index in [-0.39, 0.29) is 0 Å². The van der Waals surface area contributed by atoms with Crippen LogP contribution in [0.1, 0.15) is 0 Å². The quantitative estimate of drug-likeness (QED) is 0.568. The van der Waals surface area contributed by atoms with Gasteiger partial charge in [-0.2, -0.15) is 5.10 Å². The Morgan fingerprint density at radius 1 is 1.29 bits per heavy atom. The number of aliphatic imine (C=N–C) groups is 1. The summed E-state index contributed by atoms with van der Waals surface area (Å²) in [6.07, 6.45) is 4.91. The van der Waals surface area contributed by atoms with Crippen LogP contribution in [0.25, 0.3) is 11.4 Å². The van der Waals surface area contributed by atoms with Crippen molar-refractivity contribution in [2.75, 3.05) is 14.1 Å². The Bertz CT molecular complexity index is 529. The second-order valence-electron chi connectivity index (χ2n) is 3.74. The maximum Gasteiger partial charge on any atom is 0.186 e. The molecule has 0 bridgehead atoms. The SMILES string of the molecule is CN(C)/C=N/c1nnccc1-c1nncn1C. The smallest absolute Gasteiger partial charge is 0.186 e. The molecule has 0 N–H and O–H groups in total. The van der Waals surface area contributed by atoms with Crippen molar-refractivity contribution in [1.82, 2.24) is 29.9 Å². The average Bonchev–Trinajstić information content (AvgIpc) is 2.73. The largest absolute Gasteiger partial charge is 0.369 e. The number of aromatic nitrogens is 5. The third kappa shape index (κ3) is 2.44. The first-order valence-corrected chi connectivity index (χ1v) is 5.05. The summed E-state index contributed by atoms with van der Waals surface area (Å²) in [4.78, 5) is 6.08. The Balaban J connectivity index is 2.45.